The van der Waals surface area contributed by atoms with E-state index in [1.807, 2.05) is 6.92 Å². The fourth-order valence-corrected chi connectivity index (χ4v) is 3.11. The fourth-order valence-electron chi connectivity index (χ4n) is 3.11. The topological polar surface area (TPSA) is 81.7 Å². The van der Waals surface area contributed by atoms with Gasteiger partial charge in [0.15, 0.2) is 11.6 Å². The van der Waals surface area contributed by atoms with Crippen LogP contribution in [0.5, 0.6) is 0 Å². The molecule has 160 valence electrons. The van der Waals surface area contributed by atoms with Gasteiger partial charge in [0.25, 0.3) is 0 Å². The third kappa shape index (κ3) is 3.98. The minimum absolute atomic E-state index is 0.0150. The minimum Gasteiger partial charge on any atom is -0.383 e. The maximum Gasteiger partial charge on any atom is 0.416 e. The number of alkyl halides is 3. The van der Waals surface area contributed by atoms with Crippen molar-refractivity contribution in [3.63, 3.8) is 0 Å². The first-order valence-corrected chi connectivity index (χ1v) is 9.11. The third-order valence-electron chi connectivity index (χ3n) is 4.51. The average molecular weight is 434 g/mol. The van der Waals surface area contributed by atoms with E-state index < -0.39 is 23.4 Å². The van der Waals surface area contributed by atoms with E-state index in [4.69, 9.17) is 5.73 Å². The van der Waals surface area contributed by atoms with E-state index in [0.29, 0.717) is 17.9 Å². The van der Waals surface area contributed by atoms with Crippen molar-refractivity contribution in [2.24, 2.45) is 0 Å². The highest BCUT2D eigenvalue weighted by molar-refractivity contribution is 5.78. The van der Waals surface area contributed by atoms with Gasteiger partial charge in [-0.15, -0.1) is 0 Å². The lowest BCUT2D eigenvalue weighted by atomic mass is 10.2. The lowest BCUT2D eigenvalue weighted by Crippen LogP contribution is -2.08. The molecule has 0 spiro atoms. The Morgan fingerprint density at radius 3 is 2.29 bits per heavy atom. The fraction of sp³-hybridized carbons (Fsp3) is 0.150. The van der Waals surface area contributed by atoms with Crippen LogP contribution in [-0.4, -0.2) is 19.5 Å². The Kier molecular flexibility index (Phi) is 4.96. The predicted molar refractivity (Wildman–Crippen MR) is 105 cm³/mol. The number of nitrogens with one attached hydrogen (secondary N) is 1. The van der Waals surface area contributed by atoms with E-state index in [1.54, 1.807) is 0 Å². The van der Waals surface area contributed by atoms with Gasteiger partial charge in [0.2, 0.25) is 5.95 Å². The molecule has 4 rings (SSSR count). The standard InChI is InChI=1S/C20H15F5N6/c1-2-17-28-14-7-12(21)13(22)8-15(14)31(17)18-9-16(26)29-19(30-18)27-11-5-3-10(4-6-11)20(23,24)25/h3-9H,2H2,1H3,(H3,26,27,29,30). The molecule has 31 heavy (non-hydrogen) atoms. The number of anilines is 3. The summed E-state index contributed by atoms with van der Waals surface area (Å²) in [5, 5.41) is 2.79. The maximum absolute atomic E-state index is 13.9. The average Bonchev–Trinajstić information content (AvgIpc) is 3.05. The van der Waals surface area contributed by atoms with Crippen LogP contribution >= 0.6 is 0 Å². The van der Waals surface area contributed by atoms with Crippen molar-refractivity contribution >= 4 is 28.5 Å². The first kappa shape index (κ1) is 20.5. The van der Waals surface area contributed by atoms with Crippen LogP contribution in [0.4, 0.5) is 39.4 Å². The molecule has 0 aliphatic carbocycles. The second-order valence-corrected chi connectivity index (χ2v) is 6.65. The van der Waals surface area contributed by atoms with Crippen LogP contribution in [0.15, 0.2) is 42.5 Å². The van der Waals surface area contributed by atoms with Crippen molar-refractivity contribution in [2.45, 2.75) is 19.5 Å². The normalized spacial score (nSPS) is 11.8. The molecule has 2 heterocycles. The molecule has 0 bridgehead atoms. The Bertz CT molecular complexity index is 1260. The molecule has 11 heteroatoms. The van der Waals surface area contributed by atoms with E-state index in [0.717, 1.165) is 24.3 Å². The molecule has 0 amide bonds. The summed E-state index contributed by atoms with van der Waals surface area (Å²) in [5.41, 5.74) is 5.93. The van der Waals surface area contributed by atoms with Crippen LogP contribution in [0.1, 0.15) is 18.3 Å². The van der Waals surface area contributed by atoms with Crippen molar-refractivity contribution in [1.82, 2.24) is 19.5 Å². The second-order valence-electron chi connectivity index (χ2n) is 6.65. The smallest absolute Gasteiger partial charge is 0.383 e. The number of hydrogen-bond acceptors (Lipinski definition) is 5. The zero-order valence-corrected chi connectivity index (χ0v) is 16.0. The summed E-state index contributed by atoms with van der Waals surface area (Å²) in [6, 6.07) is 7.75. The Balaban J connectivity index is 1.76. The van der Waals surface area contributed by atoms with Crippen LogP contribution in [-0.2, 0) is 12.6 Å². The van der Waals surface area contributed by atoms with Gasteiger partial charge in [-0.3, -0.25) is 4.57 Å². The lowest BCUT2D eigenvalue weighted by molar-refractivity contribution is -0.137. The number of nitrogens with two attached hydrogens (primary N) is 1. The molecule has 2 aromatic carbocycles. The summed E-state index contributed by atoms with van der Waals surface area (Å²) in [7, 11) is 0. The van der Waals surface area contributed by atoms with E-state index >= 15 is 0 Å². The SMILES string of the molecule is CCc1nc2cc(F)c(F)cc2n1-c1cc(N)nc(Nc2ccc(C(F)(F)F)cc2)n1. The van der Waals surface area contributed by atoms with Crippen LogP contribution in [0.2, 0.25) is 0 Å². The van der Waals surface area contributed by atoms with Gasteiger partial charge >= 0.3 is 6.18 Å². The zero-order valence-electron chi connectivity index (χ0n) is 16.0. The van der Waals surface area contributed by atoms with Gasteiger partial charge in [-0.2, -0.15) is 23.1 Å². The molecule has 0 aliphatic heterocycles. The van der Waals surface area contributed by atoms with Crippen molar-refractivity contribution in [3.8, 4) is 5.82 Å². The van der Waals surface area contributed by atoms with E-state index in [9.17, 15) is 22.0 Å². The Morgan fingerprint density at radius 1 is 0.968 bits per heavy atom. The Hall–Kier alpha value is -3.76. The number of imidazole rings is 1. The molecule has 2 aromatic heterocycles. The number of fused-ring (bicyclic) bond motifs is 1. The third-order valence-corrected chi connectivity index (χ3v) is 4.51. The highest BCUT2D eigenvalue weighted by atomic mass is 19.4. The van der Waals surface area contributed by atoms with Crippen molar-refractivity contribution < 1.29 is 22.0 Å². The number of aryl methyl sites for hydroxylation is 1. The van der Waals surface area contributed by atoms with Crippen molar-refractivity contribution in [1.29, 1.82) is 0 Å². The van der Waals surface area contributed by atoms with Gasteiger partial charge in [-0.05, 0) is 24.3 Å². The molecule has 0 radical (unpaired) electrons. The highest BCUT2D eigenvalue weighted by Gasteiger charge is 2.30. The summed E-state index contributed by atoms with van der Waals surface area (Å²) >= 11 is 0. The number of aromatic nitrogens is 4. The molecule has 0 unspecified atom stereocenters. The van der Waals surface area contributed by atoms with Gasteiger partial charge < -0.3 is 11.1 Å². The van der Waals surface area contributed by atoms with E-state index in [1.165, 1.54) is 22.8 Å². The van der Waals surface area contributed by atoms with Gasteiger partial charge in [0.05, 0.1) is 16.6 Å². The minimum atomic E-state index is -4.45. The first-order chi connectivity index (χ1) is 14.7. The quantitative estimate of drug-likeness (QED) is 0.442. The molecule has 0 saturated carbocycles. The van der Waals surface area contributed by atoms with Gasteiger partial charge in [0.1, 0.15) is 17.5 Å². The van der Waals surface area contributed by atoms with Crippen LogP contribution in [0.25, 0.3) is 16.9 Å². The number of benzene rings is 2. The largest absolute Gasteiger partial charge is 0.416 e. The molecule has 3 N–H and O–H groups in total. The molecule has 0 aliphatic rings. The van der Waals surface area contributed by atoms with E-state index in [2.05, 4.69) is 20.3 Å². The monoisotopic (exact) mass is 434 g/mol. The molecular formula is C20H15F5N6. The van der Waals surface area contributed by atoms with Crippen LogP contribution in [0, 0.1) is 11.6 Å². The summed E-state index contributed by atoms with van der Waals surface area (Å²) in [6.45, 7) is 1.82. The number of hydrogen-bond donors (Lipinski definition) is 2. The molecule has 0 saturated heterocycles. The predicted octanol–water partition coefficient (Wildman–Crippen LogP) is 5.00. The van der Waals surface area contributed by atoms with Gasteiger partial charge in [0, 0.05) is 30.3 Å². The molecule has 0 atom stereocenters. The summed E-state index contributed by atoms with van der Waals surface area (Å²) in [4.78, 5) is 12.7. The molecule has 0 fully saturated rings. The van der Waals surface area contributed by atoms with Crippen LogP contribution < -0.4 is 11.1 Å². The van der Waals surface area contributed by atoms with E-state index in [-0.39, 0.29) is 28.6 Å². The Morgan fingerprint density at radius 2 is 1.65 bits per heavy atom. The number of halogens is 5. The highest BCUT2D eigenvalue weighted by Crippen LogP contribution is 2.30. The Labute approximate surface area is 172 Å². The zero-order chi connectivity index (χ0) is 22.3. The number of nitrogen functional groups attached to an aromatic ring is 1. The molecular weight excluding hydrogens is 419 g/mol. The molecule has 4 aromatic rings. The van der Waals surface area contributed by atoms with Crippen molar-refractivity contribution in [2.75, 3.05) is 11.1 Å². The van der Waals surface area contributed by atoms with Crippen molar-refractivity contribution in [3.05, 3.63) is 65.5 Å². The van der Waals surface area contributed by atoms with Gasteiger partial charge in [-0.1, -0.05) is 6.92 Å². The van der Waals surface area contributed by atoms with Crippen LogP contribution in [0.3, 0.4) is 0 Å². The summed E-state index contributed by atoms with van der Waals surface area (Å²) < 4.78 is 67.2. The lowest BCUT2D eigenvalue weighted by Gasteiger charge is -2.12. The van der Waals surface area contributed by atoms with Gasteiger partial charge in [-0.25, -0.2) is 13.8 Å². The second kappa shape index (κ2) is 7.49. The maximum atomic E-state index is 13.9. The molecule has 6 nitrogen and oxygen atoms in total. The number of rotatable bonds is 4. The number of nitrogens with zero attached hydrogens (tertiary/aromatic N) is 4. The summed E-state index contributed by atoms with van der Waals surface area (Å²) in [5.74, 6) is -1.26. The summed E-state index contributed by atoms with van der Waals surface area (Å²) in [6.07, 6.45) is -4.02. The first-order valence-electron chi connectivity index (χ1n) is 9.11.